The van der Waals surface area contributed by atoms with Crippen LogP contribution in [-0.4, -0.2) is 49.0 Å². The predicted molar refractivity (Wildman–Crippen MR) is 146 cm³/mol. The molecule has 5 heteroatoms. The third kappa shape index (κ3) is 5.01. The Bertz CT molecular complexity index is 1340. The van der Waals surface area contributed by atoms with Crippen LogP contribution in [0.15, 0.2) is 66.7 Å². The molecule has 0 radical (unpaired) electrons. The monoisotopic (exact) mass is 497 g/mol. The van der Waals surface area contributed by atoms with Crippen LogP contribution < -0.4 is 9.47 Å². The highest BCUT2D eigenvalue weighted by atomic mass is 19.1. The van der Waals surface area contributed by atoms with Crippen molar-refractivity contribution in [2.75, 3.05) is 32.9 Å². The van der Waals surface area contributed by atoms with Crippen molar-refractivity contribution in [3.63, 3.8) is 0 Å². The van der Waals surface area contributed by atoms with Gasteiger partial charge in [0.05, 0.1) is 13.3 Å². The molecule has 0 amide bonds. The average molecular weight is 498 g/mol. The lowest BCUT2D eigenvalue weighted by atomic mass is 9.87. The number of rotatable bonds is 7. The molecule has 37 heavy (non-hydrogen) atoms. The fraction of sp³-hybridized carbons (Fsp3) is 0.312. The van der Waals surface area contributed by atoms with Crippen LogP contribution in [0.4, 0.5) is 4.39 Å². The van der Waals surface area contributed by atoms with Crippen molar-refractivity contribution < 1.29 is 19.0 Å². The van der Waals surface area contributed by atoms with Crippen LogP contribution in [0.2, 0.25) is 0 Å². The van der Waals surface area contributed by atoms with Gasteiger partial charge in [0.2, 0.25) is 0 Å². The fourth-order valence-electron chi connectivity index (χ4n) is 5.71. The largest absolute Gasteiger partial charge is 0.508 e. The quantitative estimate of drug-likeness (QED) is 0.404. The Morgan fingerprint density at radius 3 is 2.76 bits per heavy atom. The first-order valence-corrected chi connectivity index (χ1v) is 13.2. The van der Waals surface area contributed by atoms with E-state index >= 15 is 0 Å². The Morgan fingerprint density at radius 1 is 1.03 bits per heavy atom. The van der Waals surface area contributed by atoms with Crippen LogP contribution in [-0.2, 0) is 6.42 Å². The van der Waals surface area contributed by atoms with Crippen LogP contribution in [0.5, 0.6) is 17.2 Å². The smallest absolute Gasteiger partial charge is 0.130 e. The van der Waals surface area contributed by atoms with Gasteiger partial charge in [-0.2, -0.15) is 0 Å². The van der Waals surface area contributed by atoms with E-state index in [-0.39, 0.29) is 18.5 Å². The highest BCUT2D eigenvalue weighted by Gasteiger charge is 2.25. The Balaban J connectivity index is 1.34. The van der Waals surface area contributed by atoms with Crippen LogP contribution in [0.1, 0.15) is 47.1 Å². The van der Waals surface area contributed by atoms with Crippen molar-refractivity contribution in [1.29, 1.82) is 0 Å². The maximum absolute atomic E-state index is 12.5. The van der Waals surface area contributed by atoms with E-state index in [1.807, 2.05) is 18.2 Å². The van der Waals surface area contributed by atoms with Crippen molar-refractivity contribution >= 4 is 17.2 Å². The van der Waals surface area contributed by atoms with E-state index in [2.05, 4.69) is 47.4 Å². The highest BCUT2D eigenvalue weighted by molar-refractivity contribution is 6.01. The summed E-state index contributed by atoms with van der Waals surface area (Å²) in [5.41, 5.74) is 8.27. The topological polar surface area (TPSA) is 41.9 Å². The van der Waals surface area contributed by atoms with Gasteiger partial charge in [-0.25, -0.2) is 0 Å². The molecule has 1 fully saturated rings. The second kappa shape index (κ2) is 10.4. The van der Waals surface area contributed by atoms with Crippen LogP contribution in [0.3, 0.4) is 0 Å². The number of fused-ring (bicyclic) bond motifs is 2. The molecule has 0 saturated carbocycles. The third-order valence-electron chi connectivity index (χ3n) is 7.56. The molecule has 0 aromatic heterocycles. The van der Waals surface area contributed by atoms with E-state index in [0.29, 0.717) is 18.8 Å². The van der Waals surface area contributed by atoms with Crippen molar-refractivity contribution in [3.05, 3.63) is 94.6 Å². The molecule has 0 unspecified atom stereocenters. The second-order valence-corrected chi connectivity index (χ2v) is 10.0. The number of aromatic hydroxyl groups is 1. The summed E-state index contributed by atoms with van der Waals surface area (Å²) in [7, 11) is 0. The van der Waals surface area contributed by atoms with Gasteiger partial charge in [0.1, 0.15) is 23.4 Å². The maximum Gasteiger partial charge on any atom is 0.130 e. The predicted octanol–water partition coefficient (Wildman–Crippen LogP) is 6.52. The summed E-state index contributed by atoms with van der Waals surface area (Å²) in [5, 5.41) is 10.1. The molecule has 190 valence electrons. The number of allylic oxidation sites excluding steroid dienone is 1. The molecule has 2 aliphatic heterocycles. The molecule has 1 aliphatic carbocycles. The van der Waals surface area contributed by atoms with E-state index in [4.69, 9.17) is 9.47 Å². The number of phenols is 1. The second-order valence-electron chi connectivity index (χ2n) is 10.0. The lowest BCUT2D eigenvalue weighted by Gasteiger charge is -2.18. The third-order valence-corrected chi connectivity index (χ3v) is 7.56. The normalized spacial score (nSPS) is 18.9. The van der Waals surface area contributed by atoms with Crippen molar-refractivity contribution in [2.45, 2.75) is 31.8 Å². The van der Waals surface area contributed by atoms with E-state index < -0.39 is 0 Å². The highest BCUT2D eigenvalue weighted by Crippen LogP contribution is 2.43. The molecular formula is C32H32FNO3. The van der Waals surface area contributed by atoms with Gasteiger partial charge in [0.25, 0.3) is 0 Å². The van der Waals surface area contributed by atoms with Gasteiger partial charge in [0, 0.05) is 37.7 Å². The molecule has 3 aliphatic rings. The number of alkyl halides is 1. The van der Waals surface area contributed by atoms with Crippen LogP contribution in [0, 0.1) is 0 Å². The molecule has 6 rings (SSSR count). The summed E-state index contributed by atoms with van der Waals surface area (Å²) in [6, 6.07) is 20.4. The van der Waals surface area contributed by atoms with Crippen molar-refractivity contribution in [3.8, 4) is 17.2 Å². The Morgan fingerprint density at radius 2 is 1.89 bits per heavy atom. The van der Waals surface area contributed by atoms with E-state index in [9.17, 15) is 9.50 Å². The molecule has 4 nitrogen and oxygen atoms in total. The summed E-state index contributed by atoms with van der Waals surface area (Å²) in [6.45, 7) is 2.87. The van der Waals surface area contributed by atoms with Crippen LogP contribution in [0.25, 0.3) is 17.2 Å². The molecule has 1 saturated heterocycles. The van der Waals surface area contributed by atoms with E-state index in [0.717, 1.165) is 61.3 Å². The zero-order chi connectivity index (χ0) is 25.2. The van der Waals surface area contributed by atoms with Gasteiger partial charge < -0.3 is 14.6 Å². The van der Waals surface area contributed by atoms with Gasteiger partial charge >= 0.3 is 0 Å². The number of benzene rings is 3. The number of halogens is 1. The molecule has 0 bridgehead atoms. The number of hydrogen-bond donors (Lipinski definition) is 1. The lowest BCUT2D eigenvalue weighted by Crippen LogP contribution is -2.26. The Hall–Kier alpha value is -3.57. The minimum Gasteiger partial charge on any atom is -0.508 e. The van der Waals surface area contributed by atoms with E-state index in [1.54, 1.807) is 12.1 Å². The zero-order valence-electron chi connectivity index (χ0n) is 21.0. The van der Waals surface area contributed by atoms with Crippen molar-refractivity contribution in [1.82, 2.24) is 4.90 Å². The molecule has 0 spiro atoms. The summed E-state index contributed by atoms with van der Waals surface area (Å²) in [4.78, 5) is 2.28. The zero-order valence-corrected chi connectivity index (χ0v) is 21.0. The van der Waals surface area contributed by atoms with Crippen molar-refractivity contribution in [2.24, 2.45) is 0 Å². The number of likely N-dealkylation sites (tertiary alicyclic amines) is 1. The van der Waals surface area contributed by atoms with Gasteiger partial charge in [0.15, 0.2) is 0 Å². The number of nitrogens with zero attached hydrogens (tertiary/aromatic N) is 1. The SMILES string of the molecule is Oc1ccc2c(c1)OCCC(c1ccc3c(c1)C=CC3)=C2c1ccc(O[C@H]2CCN(CCCF)C2)cc1. The molecule has 2 heterocycles. The van der Waals surface area contributed by atoms with Gasteiger partial charge in [-0.1, -0.05) is 36.4 Å². The summed E-state index contributed by atoms with van der Waals surface area (Å²) in [6.07, 6.45) is 7.85. The maximum atomic E-state index is 12.5. The molecule has 1 N–H and O–H groups in total. The summed E-state index contributed by atoms with van der Waals surface area (Å²) >= 11 is 0. The minimum absolute atomic E-state index is 0.134. The minimum atomic E-state index is -0.267. The molecule has 1 atom stereocenters. The van der Waals surface area contributed by atoms with Gasteiger partial charge in [-0.3, -0.25) is 9.29 Å². The number of ether oxygens (including phenoxy) is 2. The Labute approximate surface area is 217 Å². The summed E-state index contributed by atoms with van der Waals surface area (Å²) < 4.78 is 24.9. The fourth-order valence-corrected chi connectivity index (χ4v) is 5.71. The molecule has 3 aromatic carbocycles. The Kier molecular flexibility index (Phi) is 6.71. The molecular weight excluding hydrogens is 465 g/mol. The summed E-state index contributed by atoms with van der Waals surface area (Å²) in [5.74, 6) is 1.75. The first-order chi connectivity index (χ1) is 18.2. The first-order valence-electron chi connectivity index (χ1n) is 13.2. The number of phenolic OH excluding ortho intramolecular Hbond substituents is 1. The first kappa shape index (κ1) is 23.8. The number of hydrogen-bond acceptors (Lipinski definition) is 4. The lowest BCUT2D eigenvalue weighted by molar-refractivity contribution is 0.198. The van der Waals surface area contributed by atoms with E-state index in [1.165, 1.54) is 22.3 Å². The average Bonchev–Trinajstić information content (AvgIpc) is 3.53. The molecule has 3 aromatic rings. The van der Waals surface area contributed by atoms with Gasteiger partial charge in [-0.15, -0.1) is 0 Å². The standard InChI is InChI=1S/C32H32FNO3/c33-15-2-16-34-17-13-28(21-34)37-27-10-7-23(8-11-27)32-29(25-6-5-22-3-1-4-24(22)19-25)14-18-36-31-20-26(35)9-12-30(31)32/h1,4-12,19-20,28,35H,2-3,13-18,21H2/t28-/m0/s1. The van der Waals surface area contributed by atoms with Gasteiger partial charge in [-0.05, 0) is 83.0 Å². The van der Waals surface area contributed by atoms with Crippen LogP contribution >= 0.6 is 0 Å².